The van der Waals surface area contributed by atoms with Crippen molar-refractivity contribution in [3.8, 4) is 11.5 Å². The topological polar surface area (TPSA) is 52.1 Å². The summed E-state index contributed by atoms with van der Waals surface area (Å²) in [5.74, 6) is 1.86. The highest BCUT2D eigenvalue weighted by Crippen LogP contribution is 2.28. The van der Waals surface area contributed by atoms with E-state index in [0.717, 1.165) is 67.3 Å². The average molecular weight is 363 g/mol. The van der Waals surface area contributed by atoms with E-state index in [4.69, 9.17) is 14.3 Å². The molecule has 1 N–H and O–H groups in total. The van der Waals surface area contributed by atoms with Gasteiger partial charge in [0, 0.05) is 6.54 Å². The molecule has 0 saturated carbocycles. The highest BCUT2D eigenvalue weighted by atomic mass is 16.6. The van der Waals surface area contributed by atoms with Gasteiger partial charge in [-0.15, -0.1) is 0 Å². The minimum Gasteiger partial charge on any atom is -0.493 e. The first kappa shape index (κ1) is 22.0. The summed E-state index contributed by atoms with van der Waals surface area (Å²) < 4.78 is 11.7. The predicted octanol–water partition coefficient (Wildman–Crippen LogP) is 4.42. The summed E-state index contributed by atoms with van der Waals surface area (Å²) in [4.78, 5) is 4.81. The zero-order chi connectivity index (χ0) is 19.2. The van der Waals surface area contributed by atoms with Crippen LogP contribution < -0.4 is 14.8 Å². The summed E-state index contributed by atoms with van der Waals surface area (Å²) >= 11 is 0. The maximum absolute atomic E-state index is 5.99. The van der Waals surface area contributed by atoms with E-state index in [1.165, 1.54) is 0 Å². The molecule has 1 aromatic rings. The third kappa shape index (κ3) is 8.39. The minimum atomic E-state index is 0.595. The van der Waals surface area contributed by atoms with Crippen molar-refractivity contribution in [2.45, 2.75) is 47.0 Å². The number of allylic oxidation sites excluding steroid dienone is 1. The molecule has 0 aliphatic heterocycles. The van der Waals surface area contributed by atoms with Crippen LogP contribution in [0.3, 0.4) is 0 Å². The fraction of sp³-hybridized carbons (Fsp3) is 0.571. The van der Waals surface area contributed by atoms with Crippen molar-refractivity contribution in [2.75, 3.05) is 33.4 Å². The van der Waals surface area contributed by atoms with Gasteiger partial charge in [-0.05, 0) is 69.8 Å². The summed E-state index contributed by atoms with van der Waals surface area (Å²) in [5, 5.41) is 7.37. The molecule has 1 aromatic carbocycles. The Morgan fingerprint density at radius 1 is 1.15 bits per heavy atom. The average Bonchev–Trinajstić information content (AvgIpc) is 2.62. The van der Waals surface area contributed by atoms with Gasteiger partial charge in [-0.25, -0.2) is 0 Å². The first-order valence-electron chi connectivity index (χ1n) is 9.39. The van der Waals surface area contributed by atoms with Crippen LogP contribution in [0.4, 0.5) is 0 Å². The number of ether oxygens (including phenoxy) is 2. The lowest BCUT2D eigenvalue weighted by Gasteiger charge is -2.14. The molecule has 0 fully saturated rings. The predicted molar refractivity (Wildman–Crippen MR) is 109 cm³/mol. The molecule has 0 atom stereocenters. The molecule has 1 rings (SSSR count). The van der Waals surface area contributed by atoms with E-state index in [0.29, 0.717) is 6.61 Å². The van der Waals surface area contributed by atoms with Crippen molar-refractivity contribution in [1.29, 1.82) is 0 Å². The number of hydrogen-bond acceptors (Lipinski definition) is 5. The SMILES string of the molecule is C/C=C/COc1cc(C)c(OCCCCNC/C(CC)=N/OC)c(C)c1. The Hall–Kier alpha value is -2.01. The smallest absolute Gasteiger partial charge is 0.125 e. The van der Waals surface area contributed by atoms with Crippen molar-refractivity contribution < 1.29 is 14.3 Å². The highest BCUT2D eigenvalue weighted by Gasteiger charge is 2.07. The van der Waals surface area contributed by atoms with Gasteiger partial charge in [-0.2, -0.15) is 0 Å². The van der Waals surface area contributed by atoms with Gasteiger partial charge in [0.15, 0.2) is 0 Å². The third-order valence-corrected chi connectivity index (χ3v) is 3.97. The second kappa shape index (κ2) is 13.2. The van der Waals surface area contributed by atoms with Crippen molar-refractivity contribution >= 4 is 5.71 Å². The van der Waals surface area contributed by atoms with E-state index in [1.807, 2.05) is 31.2 Å². The van der Waals surface area contributed by atoms with Gasteiger partial charge < -0.3 is 19.6 Å². The molecule has 0 aliphatic rings. The van der Waals surface area contributed by atoms with Crippen LogP contribution in [-0.2, 0) is 4.84 Å². The highest BCUT2D eigenvalue weighted by molar-refractivity contribution is 5.85. The summed E-state index contributed by atoms with van der Waals surface area (Å²) in [6.07, 6.45) is 6.95. The van der Waals surface area contributed by atoms with Gasteiger partial charge in [-0.3, -0.25) is 0 Å². The number of nitrogens with zero attached hydrogens (tertiary/aromatic N) is 1. The number of nitrogens with one attached hydrogen (secondary N) is 1. The van der Waals surface area contributed by atoms with E-state index in [9.17, 15) is 0 Å². The molecule has 0 unspecified atom stereocenters. The Morgan fingerprint density at radius 2 is 1.88 bits per heavy atom. The molecule has 0 spiro atoms. The van der Waals surface area contributed by atoms with Gasteiger partial charge in [-0.1, -0.05) is 24.2 Å². The van der Waals surface area contributed by atoms with Crippen molar-refractivity contribution in [3.05, 3.63) is 35.4 Å². The molecule has 0 aromatic heterocycles. The van der Waals surface area contributed by atoms with E-state index in [-0.39, 0.29) is 0 Å². The largest absolute Gasteiger partial charge is 0.493 e. The third-order valence-electron chi connectivity index (χ3n) is 3.97. The fourth-order valence-electron chi connectivity index (χ4n) is 2.57. The van der Waals surface area contributed by atoms with Crippen LogP contribution in [0.5, 0.6) is 11.5 Å². The first-order chi connectivity index (χ1) is 12.6. The van der Waals surface area contributed by atoms with E-state index in [1.54, 1.807) is 7.11 Å². The Balaban J connectivity index is 2.31. The fourth-order valence-corrected chi connectivity index (χ4v) is 2.57. The molecule has 0 amide bonds. The van der Waals surface area contributed by atoms with Crippen LogP contribution in [0.15, 0.2) is 29.4 Å². The lowest BCUT2D eigenvalue weighted by Crippen LogP contribution is -2.24. The number of oxime groups is 1. The molecule has 0 radical (unpaired) electrons. The van der Waals surface area contributed by atoms with Crippen molar-refractivity contribution in [2.24, 2.45) is 5.16 Å². The molecule has 0 saturated heterocycles. The van der Waals surface area contributed by atoms with Crippen LogP contribution in [0.2, 0.25) is 0 Å². The maximum atomic E-state index is 5.99. The van der Waals surface area contributed by atoms with Crippen LogP contribution in [0.1, 0.15) is 44.2 Å². The number of hydrogen-bond donors (Lipinski definition) is 1. The van der Waals surface area contributed by atoms with Crippen molar-refractivity contribution in [3.63, 3.8) is 0 Å². The van der Waals surface area contributed by atoms with Gasteiger partial charge >= 0.3 is 0 Å². The summed E-state index contributed by atoms with van der Waals surface area (Å²) in [6, 6.07) is 4.07. The van der Waals surface area contributed by atoms with Gasteiger partial charge in [0.2, 0.25) is 0 Å². The zero-order valence-electron chi connectivity index (χ0n) is 16.9. The summed E-state index contributed by atoms with van der Waals surface area (Å²) in [5.41, 5.74) is 3.26. The molecule has 146 valence electrons. The van der Waals surface area contributed by atoms with E-state index in [2.05, 4.69) is 31.2 Å². The Morgan fingerprint density at radius 3 is 2.50 bits per heavy atom. The molecular formula is C21H34N2O3. The molecule has 26 heavy (non-hydrogen) atoms. The Bertz CT molecular complexity index is 560. The molecule has 5 nitrogen and oxygen atoms in total. The van der Waals surface area contributed by atoms with Crippen LogP contribution in [0, 0.1) is 13.8 Å². The summed E-state index contributed by atoms with van der Waals surface area (Å²) in [6.45, 7) is 11.2. The lowest BCUT2D eigenvalue weighted by molar-refractivity contribution is 0.212. The van der Waals surface area contributed by atoms with E-state index < -0.39 is 0 Å². The van der Waals surface area contributed by atoms with Gasteiger partial charge in [0.25, 0.3) is 0 Å². The molecule has 0 heterocycles. The molecule has 0 bridgehead atoms. The number of aryl methyl sites for hydroxylation is 2. The van der Waals surface area contributed by atoms with Gasteiger partial charge in [0.1, 0.15) is 25.2 Å². The minimum absolute atomic E-state index is 0.595. The maximum Gasteiger partial charge on any atom is 0.125 e. The quantitative estimate of drug-likeness (QED) is 0.244. The van der Waals surface area contributed by atoms with Crippen LogP contribution >= 0.6 is 0 Å². The summed E-state index contributed by atoms with van der Waals surface area (Å²) in [7, 11) is 1.58. The van der Waals surface area contributed by atoms with Crippen LogP contribution in [0.25, 0.3) is 0 Å². The second-order valence-electron chi connectivity index (χ2n) is 6.19. The van der Waals surface area contributed by atoms with Crippen molar-refractivity contribution in [1.82, 2.24) is 5.32 Å². The molecular weight excluding hydrogens is 328 g/mol. The Kier molecular flexibility index (Phi) is 11.2. The standard InChI is InChI=1S/C21H34N2O3/c1-6-8-12-25-20-14-17(3)21(18(4)15-20)26-13-10-9-11-22-16-19(7-2)23-24-5/h6,8,14-15,22H,7,9-13,16H2,1-5H3/b8-6+,23-19+. The second-order valence-corrected chi connectivity index (χ2v) is 6.19. The molecule has 0 aliphatic carbocycles. The number of benzene rings is 1. The Labute approximate surface area is 158 Å². The normalized spacial score (nSPS) is 11.8. The number of rotatable bonds is 13. The van der Waals surface area contributed by atoms with E-state index >= 15 is 0 Å². The van der Waals surface area contributed by atoms with Crippen LogP contribution in [-0.4, -0.2) is 39.1 Å². The number of unbranched alkanes of at least 4 members (excludes halogenated alkanes) is 1. The monoisotopic (exact) mass is 362 g/mol. The molecule has 5 heteroatoms. The van der Waals surface area contributed by atoms with Gasteiger partial charge in [0.05, 0.1) is 12.3 Å². The zero-order valence-corrected chi connectivity index (χ0v) is 16.9. The first-order valence-corrected chi connectivity index (χ1v) is 9.39. The lowest BCUT2D eigenvalue weighted by atomic mass is 10.1.